The van der Waals surface area contributed by atoms with Gasteiger partial charge in [-0.25, -0.2) is 4.98 Å². The predicted octanol–water partition coefficient (Wildman–Crippen LogP) is 0.0854. The first-order valence-corrected chi connectivity index (χ1v) is 5.91. The Kier molecular flexibility index (Phi) is 3.76. The number of hydrogen-bond donors (Lipinski definition) is 2. The number of nitrogens with one attached hydrogen (secondary N) is 2. The molecule has 6 heteroatoms. The fourth-order valence-electron chi connectivity index (χ4n) is 1.92. The quantitative estimate of drug-likeness (QED) is 0.777. The molecule has 6 nitrogen and oxygen atoms in total. The minimum Gasteiger partial charge on any atom is -0.372 e. The van der Waals surface area contributed by atoms with Crippen molar-refractivity contribution in [2.45, 2.75) is 6.42 Å². The van der Waals surface area contributed by atoms with E-state index in [1.165, 1.54) is 0 Å². The van der Waals surface area contributed by atoms with Crippen molar-refractivity contribution in [1.29, 1.82) is 0 Å². The van der Waals surface area contributed by atoms with Gasteiger partial charge in [-0.1, -0.05) is 0 Å². The molecule has 0 spiro atoms. The summed E-state index contributed by atoms with van der Waals surface area (Å²) in [4.78, 5) is 29.4. The third-order valence-corrected chi connectivity index (χ3v) is 2.87. The summed E-state index contributed by atoms with van der Waals surface area (Å²) in [5.74, 6) is 0.459. The molecule has 1 aliphatic rings. The number of carbonyl (C=O) groups is 2. The largest absolute Gasteiger partial charge is 0.372 e. The zero-order valence-electron chi connectivity index (χ0n) is 10.3. The average Bonchev–Trinajstić information content (AvgIpc) is 2.62. The van der Waals surface area contributed by atoms with Gasteiger partial charge in [0.05, 0.1) is 5.56 Å². The van der Waals surface area contributed by atoms with Crippen molar-refractivity contribution >= 4 is 17.6 Å². The molecule has 18 heavy (non-hydrogen) atoms. The Balaban J connectivity index is 2.17. The summed E-state index contributed by atoms with van der Waals surface area (Å²) in [7, 11) is 1.73. The fraction of sp³-hybridized carbons (Fsp3) is 0.417. The van der Waals surface area contributed by atoms with E-state index in [1.807, 2.05) is 0 Å². The number of amides is 2. The van der Waals surface area contributed by atoms with Crippen LogP contribution < -0.4 is 10.6 Å². The van der Waals surface area contributed by atoms with E-state index in [-0.39, 0.29) is 11.8 Å². The maximum atomic E-state index is 12.3. The monoisotopic (exact) mass is 248 g/mol. The smallest absolute Gasteiger partial charge is 0.257 e. The highest BCUT2D eigenvalue weighted by atomic mass is 16.2. The van der Waals surface area contributed by atoms with Crippen molar-refractivity contribution in [3.63, 3.8) is 0 Å². The van der Waals surface area contributed by atoms with Gasteiger partial charge in [-0.2, -0.15) is 0 Å². The Morgan fingerprint density at radius 3 is 3.11 bits per heavy atom. The molecule has 1 aromatic rings. The van der Waals surface area contributed by atoms with Gasteiger partial charge in [0, 0.05) is 39.3 Å². The summed E-state index contributed by atoms with van der Waals surface area (Å²) in [6, 6.07) is 3.47. The predicted molar refractivity (Wildman–Crippen MR) is 67.3 cm³/mol. The lowest BCUT2D eigenvalue weighted by Crippen LogP contribution is -2.34. The highest BCUT2D eigenvalue weighted by molar-refractivity contribution is 5.99. The first kappa shape index (κ1) is 12.3. The molecule has 1 fully saturated rings. The highest BCUT2D eigenvalue weighted by Gasteiger charge is 2.21. The molecule has 2 N–H and O–H groups in total. The second-order valence-corrected chi connectivity index (χ2v) is 4.04. The third kappa shape index (κ3) is 2.58. The summed E-state index contributed by atoms with van der Waals surface area (Å²) in [6.07, 6.45) is 1.98. The Morgan fingerprint density at radius 1 is 1.50 bits per heavy atom. The van der Waals surface area contributed by atoms with Gasteiger partial charge >= 0.3 is 0 Å². The lowest BCUT2D eigenvalue weighted by atomic mass is 10.2. The number of rotatable bonds is 2. The normalized spacial score (nSPS) is 15.8. The lowest BCUT2D eigenvalue weighted by molar-refractivity contribution is -0.120. The highest BCUT2D eigenvalue weighted by Crippen LogP contribution is 2.14. The van der Waals surface area contributed by atoms with Gasteiger partial charge in [-0.3, -0.25) is 9.59 Å². The molecule has 1 aliphatic heterocycles. The van der Waals surface area contributed by atoms with Crippen molar-refractivity contribution in [1.82, 2.24) is 15.2 Å². The number of carbonyl (C=O) groups excluding carboxylic acids is 2. The van der Waals surface area contributed by atoms with Gasteiger partial charge in [-0.15, -0.1) is 0 Å². The molecule has 0 bridgehead atoms. The number of nitrogens with zero attached hydrogens (tertiary/aromatic N) is 2. The molecule has 0 aromatic carbocycles. The Morgan fingerprint density at radius 2 is 2.33 bits per heavy atom. The number of hydrogen-bond acceptors (Lipinski definition) is 4. The minimum atomic E-state index is -0.0936. The van der Waals surface area contributed by atoms with Crippen molar-refractivity contribution in [3.8, 4) is 0 Å². The van der Waals surface area contributed by atoms with E-state index in [2.05, 4.69) is 15.6 Å². The van der Waals surface area contributed by atoms with Crippen molar-refractivity contribution in [3.05, 3.63) is 23.9 Å². The summed E-state index contributed by atoms with van der Waals surface area (Å²) in [6.45, 7) is 1.48. The van der Waals surface area contributed by atoms with Crippen LogP contribution in [0.2, 0.25) is 0 Å². The van der Waals surface area contributed by atoms with Crippen LogP contribution in [0, 0.1) is 0 Å². The topological polar surface area (TPSA) is 74.3 Å². The zero-order valence-corrected chi connectivity index (χ0v) is 10.3. The summed E-state index contributed by atoms with van der Waals surface area (Å²) in [5, 5.41) is 5.64. The second kappa shape index (κ2) is 5.48. The van der Waals surface area contributed by atoms with Crippen LogP contribution >= 0.6 is 0 Å². The van der Waals surface area contributed by atoms with Gasteiger partial charge in [0.25, 0.3) is 5.91 Å². The Hall–Kier alpha value is -2.11. The maximum Gasteiger partial charge on any atom is 0.257 e. The fourth-order valence-corrected chi connectivity index (χ4v) is 1.92. The van der Waals surface area contributed by atoms with E-state index in [0.717, 1.165) is 0 Å². The molecule has 0 atom stereocenters. The van der Waals surface area contributed by atoms with Crippen LogP contribution in [-0.2, 0) is 4.79 Å². The van der Waals surface area contributed by atoms with Crippen LogP contribution in [-0.4, -0.2) is 48.4 Å². The molecule has 2 heterocycles. The van der Waals surface area contributed by atoms with E-state index in [0.29, 0.717) is 37.4 Å². The first-order valence-electron chi connectivity index (χ1n) is 5.91. The number of anilines is 1. The van der Waals surface area contributed by atoms with Crippen LogP contribution in [0.15, 0.2) is 18.3 Å². The molecule has 2 rings (SSSR count). The number of pyridine rings is 1. The molecule has 1 saturated heterocycles. The van der Waals surface area contributed by atoms with Crippen LogP contribution in [0.3, 0.4) is 0 Å². The van der Waals surface area contributed by atoms with Crippen molar-refractivity contribution in [2.75, 3.05) is 32.0 Å². The lowest BCUT2D eigenvalue weighted by Gasteiger charge is -2.20. The molecule has 0 unspecified atom stereocenters. The standard InChI is InChI=1S/C12H16N4O2/c1-13-11-9(3-2-5-15-11)12(18)16-7-4-10(17)14-6-8-16/h2-3,5H,4,6-8H2,1H3,(H,13,15)(H,14,17). The minimum absolute atomic E-state index is 0.00896. The second-order valence-electron chi connectivity index (χ2n) is 4.04. The van der Waals surface area contributed by atoms with E-state index in [9.17, 15) is 9.59 Å². The zero-order chi connectivity index (χ0) is 13.0. The molecule has 0 aliphatic carbocycles. The van der Waals surface area contributed by atoms with Gasteiger partial charge in [0.1, 0.15) is 5.82 Å². The summed E-state index contributed by atoms with van der Waals surface area (Å²) < 4.78 is 0. The Bertz CT molecular complexity index is 461. The Labute approximate surface area is 105 Å². The van der Waals surface area contributed by atoms with Crippen LogP contribution in [0.4, 0.5) is 5.82 Å². The van der Waals surface area contributed by atoms with E-state index < -0.39 is 0 Å². The van der Waals surface area contributed by atoms with Gasteiger partial charge < -0.3 is 15.5 Å². The van der Waals surface area contributed by atoms with Crippen molar-refractivity contribution < 1.29 is 9.59 Å². The summed E-state index contributed by atoms with van der Waals surface area (Å²) >= 11 is 0. The molecule has 96 valence electrons. The van der Waals surface area contributed by atoms with E-state index in [1.54, 1.807) is 30.3 Å². The molecule has 0 radical (unpaired) electrons. The average molecular weight is 248 g/mol. The van der Waals surface area contributed by atoms with Gasteiger partial charge in [-0.05, 0) is 12.1 Å². The molecule has 0 saturated carbocycles. The number of aromatic nitrogens is 1. The van der Waals surface area contributed by atoms with Crippen LogP contribution in [0.1, 0.15) is 16.8 Å². The SMILES string of the molecule is CNc1ncccc1C(=O)N1CCNC(=O)CC1. The molecular formula is C12H16N4O2. The summed E-state index contributed by atoms with van der Waals surface area (Å²) in [5.41, 5.74) is 0.536. The van der Waals surface area contributed by atoms with Crippen molar-refractivity contribution in [2.24, 2.45) is 0 Å². The molecule has 1 aromatic heterocycles. The van der Waals surface area contributed by atoms with Gasteiger partial charge in [0.15, 0.2) is 0 Å². The van der Waals surface area contributed by atoms with Gasteiger partial charge in [0.2, 0.25) is 5.91 Å². The molecular weight excluding hydrogens is 232 g/mol. The van der Waals surface area contributed by atoms with E-state index in [4.69, 9.17) is 0 Å². The molecule has 2 amide bonds. The first-order chi connectivity index (χ1) is 8.72. The maximum absolute atomic E-state index is 12.3. The van der Waals surface area contributed by atoms with Crippen LogP contribution in [0.5, 0.6) is 0 Å². The van der Waals surface area contributed by atoms with Crippen LogP contribution in [0.25, 0.3) is 0 Å². The third-order valence-electron chi connectivity index (χ3n) is 2.87. The van der Waals surface area contributed by atoms with E-state index >= 15 is 0 Å².